The molecule has 1 heterocycles. The van der Waals surface area contributed by atoms with Crippen LogP contribution in [-0.4, -0.2) is 13.1 Å². The second-order valence-electron chi connectivity index (χ2n) is 5.56. The van der Waals surface area contributed by atoms with Gasteiger partial charge in [0.1, 0.15) is 0 Å². The molecule has 2 atom stereocenters. The standard InChI is InChI=1S/C15H31N/c1-3-5-6-7-8-14(4-2)9-10-15-11-12-16-13-15/h14-16H,3-13H2,1-2H3. The lowest BCUT2D eigenvalue weighted by Gasteiger charge is -2.16. The highest BCUT2D eigenvalue weighted by Gasteiger charge is 2.16. The van der Waals surface area contributed by atoms with Gasteiger partial charge in [-0.25, -0.2) is 0 Å². The third-order valence-corrected chi connectivity index (χ3v) is 4.19. The van der Waals surface area contributed by atoms with Crippen molar-refractivity contribution in [2.45, 2.75) is 71.6 Å². The predicted molar refractivity (Wildman–Crippen MR) is 72.8 cm³/mol. The zero-order valence-corrected chi connectivity index (χ0v) is 11.4. The van der Waals surface area contributed by atoms with E-state index in [-0.39, 0.29) is 0 Å². The molecule has 0 spiro atoms. The minimum Gasteiger partial charge on any atom is -0.316 e. The van der Waals surface area contributed by atoms with Crippen LogP contribution in [-0.2, 0) is 0 Å². The summed E-state index contributed by atoms with van der Waals surface area (Å²) in [7, 11) is 0. The minimum absolute atomic E-state index is 0.990. The first-order valence-electron chi connectivity index (χ1n) is 7.57. The normalized spacial score (nSPS) is 22.5. The number of hydrogen-bond acceptors (Lipinski definition) is 1. The van der Waals surface area contributed by atoms with Gasteiger partial charge in [-0.15, -0.1) is 0 Å². The van der Waals surface area contributed by atoms with Crippen molar-refractivity contribution >= 4 is 0 Å². The monoisotopic (exact) mass is 225 g/mol. The number of rotatable bonds is 9. The smallest absolute Gasteiger partial charge is 0.00200 e. The molecule has 0 saturated carbocycles. The SMILES string of the molecule is CCCCCCC(CC)CCC1CCNC1. The Morgan fingerprint density at radius 2 is 2.00 bits per heavy atom. The summed E-state index contributed by atoms with van der Waals surface area (Å²) in [6.07, 6.45) is 13.0. The largest absolute Gasteiger partial charge is 0.316 e. The minimum atomic E-state index is 0.990. The first kappa shape index (κ1) is 14.0. The molecule has 1 heteroatoms. The highest BCUT2D eigenvalue weighted by atomic mass is 14.9. The van der Waals surface area contributed by atoms with E-state index in [9.17, 15) is 0 Å². The van der Waals surface area contributed by atoms with E-state index in [1.165, 1.54) is 70.9 Å². The number of nitrogens with one attached hydrogen (secondary N) is 1. The highest BCUT2D eigenvalue weighted by molar-refractivity contribution is 4.72. The van der Waals surface area contributed by atoms with Gasteiger partial charge in [-0.3, -0.25) is 0 Å². The quantitative estimate of drug-likeness (QED) is 0.574. The Labute approximate surface area is 102 Å². The van der Waals surface area contributed by atoms with Crippen LogP contribution >= 0.6 is 0 Å². The second-order valence-corrected chi connectivity index (χ2v) is 5.56. The van der Waals surface area contributed by atoms with Crippen molar-refractivity contribution in [1.82, 2.24) is 5.32 Å². The van der Waals surface area contributed by atoms with E-state index in [1.807, 2.05) is 0 Å². The van der Waals surface area contributed by atoms with E-state index in [0.717, 1.165) is 11.8 Å². The van der Waals surface area contributed by atoms with E-state index in [4.69, 9.17) is 0 Å². The van der Waals surface area contributed by atoms with E-state index in [1.54, 1.807) is 0 Å². The van der Waals surface area contributed by atoms with Crippen molar-refractivity contribution in [3.8, 4) is 0 Å². The average Bonchev–Trinajstić information content (AvgIpc) is 2.81. The number of unbranched alkanes of at least 4 members (excludes halogenated alkanes) is 3. The summed E-state index contributed by atoms with van der Waals surface area (Å²) in [5, 5.41) is 3.47. The summed E-state index contributed by atoms with van der Waals surface area (Å²) in [6.45, 7) is 7.21. The molecule has 0 aromatic heterocycles. The maximum absolute atomic E-state index is 3.47. The van der Waals surface area contributed by atoms with Crippen molar-refractivity contribution in [2.24, 2.45) is 11.8 Å². The van der Waals surface area contributed by atoms with Gasteiger partial charge in [0.25, 0.3) is 0 Å². The zero-order chi connectivity index (χ0) is 11.6. The molecule has 2 unspecified atom stereocenters. The Hall–Kier alpha value is -0.0400. The van der Waals surface area contributed by atoms with Crippen LogP contribution in [0.2, 0.25) is 0 Å². The van der Waals surface area contributed by atoms with Crippen LogP contribution in [0.5, 0.6) is 0 Å². The molecule has 0 bridgehead atoms. The maximum atomic E-state index is 3.47. The summed E-state index contributed by atoms with van der Waals surface area (Å²) in [5.74, 6) is 2.00. The van der Waals surface area contributed by atoms with Crippen molar-refractivity contribution in [3.63, 3.8) is 0 Å². The van der Waals surface area contributed by atoms with Crippen molar-refractivity contribution in [1.29, 1.82) is 0 Å². The van der Waals surface area contributed by atoms with Gasteiger partial charge in [0.05, 0.1) is 0 Å². The van der Waals surface area contributed by atoms with Gasteiger partial charge in [0.2, 0.25) is 0 Å². The van der Waals surface area contributed by atoms with Crippen LogP contribution in [0.15, 0.2) is 0 Å². The van der Waals surface area contributed by atoms with Gasteiger partial charge in [-0.1, -0.05) is 58.8 Å². The zero-order valence-electron chi connectivity index (χ0n) is 11.4. The van der Waals surface area contributed by atoms with Gasteiger partial charge in [-0.2, -0.15) is 0 Å². The molecule has 1 aliphatic rings. The van der Waals surface area contributed by atoms with Gasteiger partial charge < -0.3 is 5.32 Å². The fourth-order valence-electron chi connectivity index (χ4n) is 2.84. The molecule has 1 aliphatic heterocycles. The van der Waals surface area contributed by atoms with Crippen LogP contribution in [0, 0.1) is 11.8 Å². The molecular weight excluding hydrogens is 194 g/mol. The molecule has 1 rings (SSSR count). The molecule has 96 valence electrons. The Balaban J connectivity index is 2.01. The molecule has 1 fully saturated rings. The number of hydrogen-bond donors (Lipinski definition) is 1. The van der Waals surface area contributed by atoms with Crippen LogP contribution in [0.4, 0.5) is 0 Å². The first-order chi connectivity index (χ1) is 7.86. The summed E-state index contributed by atoms with van der Waals surface area (Å²) < 4.78 is 0. The van der Waals surface area contributed by atoms with Crippen LogP contribution < -0.4 is 5.32 Å². The molecule has 1 nitrogen and oxygen atoms in total. The Bertz CT molecular complexity index is 150. The lowest BCUT2D eigenvalue weighted by molar-refractivity contribution is 0.367. The third kappa shape index (κ3) is 5.89. The Morgan fingerprint density at radius 1 is 1.12 bits per heavy atom. The maximum Gasteiger partial charge on any atom is -0.00200 e. The predicted octanol–water partition coefficient (Wildman–Crippen LogP) is 4.37. The van der Waals surface area contributed by atoms with E-state index < -0.39 is 0 Å². The van der Waals surface area contributed by atoms with Gasteiger partial charge in [-0.05, 0) is 37.8 Å². The van der Waals surface area contributed by atoms with E-state index in [2.05, 4.69) is 19.2 Å². The molecule has 0 radical (unpaired) electrons. The molecule has 1 saturated heterocycles. The fourth-order valence-corrected chi connectivity index (χ4v) is 2.84. The molecular formula is C15H31N. The van der Waals surface area contributed by atoms with Crippen molar-refractivity contribution in [3.05, 3.63) is 0 Å². The highest BCUT2D eigenvalue weighted by Crippen LogP contribution is 2.24. The lowest BCUT2D eigenvalue weighted by Crippen LogP contribution is -2.10. The van der Waals surface area contributed by atoms with Crippen LogP contribution in [0.25, 0.3) is 0 Å². The average molecular weight is 225 g/mol. The van der Waals surface area contributed by atoms with Crippen LogP contribution in [0.3, 0.4) is 0 Å². The van der Waals surface area contributed by atoms with Gasteiger partial charge >= 0.3 is 0 Å². The van der Waals surface area contributed by atoms with Crippen molar-refractivity contribution in [2.75, 3.05) is 13.1 Å². The topological polar surface area (TPSA) is 12.0 Å². The van der Waals surface area contributed by atoms with Gasteiger partial charge in [0.15, 0.2) is 0 Å². The van der Waals surface area contributed by atoms with E-state index >= 15 is 0 Å². The fraction of sp³-hybridized carbons (Fsp3) is 1.00. The van der Waals surface area contributed by atoms with Crippen LogP contribution in [0.1, 0.15) is 71.6 Å². The van der Waals surface area contributed by atoms with Gasteiger partial charge in [0, 0.05) is 0 Å². The summed E-state index contributed by atoms with van der Waals surface area (Å²) >= 11 is 0. The summed E-state index contributed by atoms with van der Waals surface area (Å²) in [6, 6.07) is 0. The Kier molecular flexibility index (Phi) is 7.92. The Morgan fingerprint density at radius 3 is 2.62 bits per heavy atom. The summed E-state index contributed by atoms with van der Waals surface area (Å²) in [5.41, 5.74) is 0. The molecule has 16 heavy (non-hydrogen) atoms. The molecule has 0 amide bonds. The lowest BCUT2D eigenvalue weighted by atomic mass is 9.89. The van der Waals surface area contributed by atoms with Crippen molar-refractivity contribution < 1.29 is 0 Å². The second kappa shape index (κ2) is 9.04. The first-order valence-corrected chi connectivity index (χ1v) is 7.57. The third-order valence-electron chi connectivity index (χ3n) is 4.19. The molecule has 0 aromatic rings. The molecule has 1 N–H and O–H groups in total. The van der Waals surface area contributed by atoms with E-state index in [0.29, 0.717) is 0 Å². The summed E-state index contributed by atoms with van der Waals surface area (Å²) in [4.78, 5) is 0. The molecule has 0 aliphatic carbocycles. The molecule has 0 aromatic carbocycles.